The molecule has 0 aliphatic carbocycles. The maximum absolute atomic E-state index is 12.3. The van der Waals surface area contributed by atoms with Crippen molar-refractivity contribution in [2.45, 2.75) is 13.0 Å². The van der Waals surface area contributed by atoms with E-state index in [1.54, 1.807) is 22.1 Å². The summed E-state index contributed by atoms with van der Waals surface area (Å²) in [6.45, 7) is 4.48. The van der Waals surface area contributed by atoms with Crippen LogP contribution >= 0.6 is 22.9 Å². The van der Waals surface area contributed by atoms with E-state index in [0.29, 0.717) is 35.5 Å². The Hall–Kier alpha value is -2.62. The molecule has 3 heterocycles. The molecule has 2 amide bonds. The maximum Gasteiger partial charge on any atom is 0.414 e. The van der Waals surface area contributed by atoms with Crippen LogP contribution in [-0.4, -0.2) is 61.8 Å². The van der Waals surface area contributed by atoms with E-state index in [9.17, 15) is 9.59 Å². The number of rotatable bonds is 6. The van der Waals surface area contributed by atoms with Gasteiger partial charge < -0.3 is 10.1 Å². The number of aliphatic imine (C=N–C) groups is 1. The summed E-state index contributed by atoms with van der Waals surface area (Å²) in [6, 6.07) is 10.9. The van der Waals surface area contributed by atoms with Crippen LogP contribution in [0.3, 0.4) is 0 Å². The zero-order valence-corrected chi connectivity index (χ0v) is 17.9. The van der Waals surface area contributed by atoms with Crippen molar-refractivity contribution in [2.24, 2.45) is 4.99 Å². The number of ether oxygens (including phenoxy) is 1. The standard InChI is InChI=1S/C20H21ClN4O4S/c1-2-25-18(22-9-10-28-25)13-3-5-14(6-4-13)24-12-15(29-20(24)27)11-23-19(26)16-7-8-17(21)30-16/h3-8,15H,2,9-12H2,1H3,(H,23,26). The Bertz CT molecular complexity index is 962. The van der Waals surface area contributed by atoms with Crippen molar-refractivity contribution in [2.75, 3.05) is 37.7 Å². The van der Waals surface area contributed by atoms with Crippen molar-refractivity contribution in [1.82, 2.24) is 10.4 Å². The number of carbonyl (C=O) groups is 2. The van der Waals surface area contributed by atoms with Crippen LogP contribution in [0.15, 0.2) is 41.4 Å². The molecule has 1 N–H and O–H groups in total. The number of hydrogen-bond donors (Lipinski definition) is 1. The van der Waals surface area contributed by atoms with Crippen LogP contribution in [0.4, 0.5) is 10.5 Å². The molecular formula is C20H21ClN4O4S. The van der Waals surface area contributed by atoms with Crippen molar-refractivity contribution in [3.05, 3.63) is 51.2 Å². The van der Waals surface area contributed by atoms with Gasteiger partial charge in [0.05, 0.1) is 35.5 Å². The van der Waals surface area contributed by atoms with Crippen LogP contribution in [0.5, 0.6) is 0 Å². The van der Waals surface area contributed by atoms with Gasteiger partial charge in [-0.05, 0) is 43.3 Å². The molecule has 2 aliphatic rings. The van der Waals surface area contributed by atoms with Crippen LogP contribution in [0, 0.1) is 0 Å². The third kappa shape index (κ3) is 4.43. The Morgan fingerprint density at radius 3 is 2.80 bits per heavy atom. The molecule has 0 bridgehead atoms. The number of nitrogens with one attached hydrogen (secondary N) is 1. The second-order valence-electron chi connectivity index (χ2n) is 6.71. The second-order valence-corrected chi connectivity index (χ2v) is 8.43. The number of halogens is 1. The van der Waals surface area contributed by atoms with Crippen LogP contribution in [-0.2, 0) is 9.57 Å². The van der Waals surface area contributed by atoms with Gasteiger partial charge >= 0.3 is 6.09 Å². The smallest absolute Gasteiger partial charge is 0.414 e. The number of hydroxylamine groups is 2. The topological polar surface area (TPSA) is 83.5 Å². The zero-order valence-electron chi connectivity index (χ0n) is 16.3. The lowest BCUT2D eigenvalue weighted by atomic mass is 10.1. The Labute approximate surface area is 183 Å². The lowest BCUT2D eigenvalue weighted by Gasteiger charge is -2.27. The number of amides is 2. The fourth-order valence-electron chi connectivity index (χ4n) is 3.28. The third-order valence-corrected chi connectivity index (χ3v) is 5.95. The lowest BCUT2D eigenvalue weighted by molar-refractivity contribution is -0.0995. The predicted molar refractivity (Wildman–Crippen MR) is 115 cm³/mol. The first-order valence-electron chi connectivity index (χ1n) is 9.62. The van der Waals surface area contributed by atoms with Crippen LogP contribution in [0.2, 0.25) is 4.34 Å². The van der Waals surface area contributed by atoms with Gasteiger partial charge in [-0.3, -0.25) is 19.5 Å². The van der Waals surface area contributed by atoms with Gasteiger partial charge in [0.25, 0.3) is 5.91 Å². The van der Waals surface area contributed by atoms with Crippen molar-refractivity contribution >= 4 is 46.5 Å². The molecule has 1 unspecified atom stereocenters. The van der Waals surface area contributed by atoms with Crippen LogP contribution in [0.25, 0.3) is 0 Å². The fraction of sp³-hybridized carbons (Fsp3) is 0.350. The number of amidine groups is 1. The molecular weight excluding hydrogens is 428 g/mol. The van der Waals surface area contributed by atoms with Gasteiger partial charge in [-0.25, -0.2) is 9.86 Å². The van der Waals surface area contributed by atoms with Gasteiger partial charge in [-0.1, -0.05) is 11.6 Å². The second kappa shape index (κ2) is 9.03. The fourth-order valence-corrected chi connectivity index (χ4v) is 4.24. The van der Waals surface area contributed by atoms with Crippen molar-refractivity contribution in [3.63, 3.8) is 0 Å². The molecule has 1 saturated heterocycles. The van der Waals surface area contributed by atoms with Crippen molar-refractivity contribution < 1.29 is 19.2 Å². The number of carbonyl (C=O) groups excluding carboxylic acids is 2. The molecule has 1 aromatic heterocycles. The van der Waals surface area contributed by atoms with Gasteiger partial charge in [-0.2, -0.15) is 0 Å². The minimum Gasteiger partial charge on any atom is -0.442 e. The summed E-state index contributed by atoms with van der Waals surface area (Å²) < 4.78 is 5.95. The van der Waals surface area contributed by atoms with Gasteiger partial charge in [0.1, 0.15) is 6.10 Å². The molecule has 10 heteroatoms. The van der Waals surface area contributed by atoms with E-state index in [2.05, 4.69) is 10.3 Å². The monoisotopic (exact) mass is 448 g/mol. The molecule has 2 aliphatic heterocycles. The average Bonchev–Trinajstić information content (AvgIpc) is 3.37. The third-order valence-electron chi connectivity index (χ3n) is 4.72. The van der Waals surface area contributed by atoms with Crippen LogP contribution in [0.1, 0.15) is 22.2 Å². The van der Waals surface area contributed by atoms with Gasteiger partial charge in [-0.15, -0.1) is 11.3 Å². The highest BCUT2D eigenvalue weighted by molar-refractivity contribution is 7.18. The summed E-state index contributed by atoms with van der Waals surface area (Å²) in [7, 11) is 0. The number of thiophene rings is 1. The van der Waals surface area contributed by atoms with E-state index in [4.69, 9.17) is 21.2 Å². The average molecular weight is 449 g/mol. The Morgan fingerprint density at radius 1 is 1.30 bits per heavy atom. The summed E-state index contributed by atoms with van der Waals surface area (Å²) in [6.07, 6.45) is -0.863. The van der Waals surface area contributed by atoms with E-state index in [1.807, 2.05) is 31.2 Å². The number of anilines is 1. The number of nitrogens with zero attached hydrogens (tertiary/aromatic N) is 3. The van der Waals surface area contributed by atoms with Gasteiger partial charge in [0.2, 0.25) is 0 Å². The maximum atomic E-state index is 12.3. The number of hydrogen-bond acceptors (Lipinski definition) is 7. The molecule has 1 aromatic carbocycles. The molecule has 158 valence electrons. The van der Waals surface area contributed by atoms with E-state index in [0.717, 1.165) is 17.1 Å². The number of cyclic esters (lactones) is 1. The molecule has 1 atom stereocenters. The van der Waals surface area contributed by atoms with Crippen LogP contribution < -0.4 is 10.2 Å². The summed E-state index contributed by atoms with van der Waals surface area (Å²) in [5, 5.41) is 4.55. The number of benzene rings is 1. The summed E-state index contributed by atoms with van der Waals surface area (Å²) >= 11 is 7.06. The van der Waals surface area contributed by atoms with E-state index in [1.165, 1.54) is 11.3 Å². The first-order valence-corrected chi connectivity index (χ1v) is 10.8. The van der Waals surface area contributed by atoms with Crippen molar-refractivity contribution in [1.29, 1.82) is 0 Å². The highest BCUT2D eigenvalue weighted by Crippen LogP contribution is 2.24. The minimum atomic E-state index is -0.435. The molecule has 0 spiro atoms. The Kier molecular flexibility index (Phi) is 6.21. The highest BCUT2D eigenvalue weighted by Gasteiger charge is 2.32. The van der Waals surface area contributed by atoms with E-state index >= 15 is 0 Å². The molecule has 30 heavy (non-hydrogen) atoms. The largest absolute Gasteiger partial charge is 0.442 e. The Balaban J connectivity index is 1.37. The predicted octanol–water partition coefficient (Wildman–Crippen LogP) is 3.17. The van der Waals surface area contributed by atoms with Gasteiger partial charge in [0.15, 0.2) is 5.84 Å². The lowest BCUT2D eigenvalue weighted by Crippen LogP contribution is -2.36. The van der Waals surface area contributed by atoms with E-state index in [-0.39, 0.29) is 12.5 Å². The first kappa shape index (κ1) is 20.6. The molecule has 0 saturated carbocycles. The quantitative estimate of drug-likeness (QED) is 0.733. The SMILES string of the molecule is CCN1OCCN=C1c1ccc(N2CC(CNC(=O)c3ccc(Cl)s3)OC2=O)cc1. The molecule has 8 nitrogen and oxygen atoms in total. The zero-order chi connectivity index (χ0) is 21.1. The van der Waals surface area contributed by atoms with Crippen molar-refractivity contribution in [3.8, 4) is 0 Å². The summed E-state index contributed by atoms with van der Waals surface area (Å²) in [5.41, 5.74) is 1.65. The summed E-state index contributed by atoms with van der Waals surface area (Å²) in [5.74, 6) is 0.551. The van der Waals surface area contributed by atoms with Gasteiger partial charge in [0, 0.05) is 17.8 Å². The summed E-state index contributed by atoms with van der Waals surface area (Å²) in [4.78, 5) is 36.7. The molecule has 4 rings (SSSR count). The molecule has 2 aromatic rings. The highest BCUT2D eigenvalue weighted by atomic mass is 35.5. The normalized spacial score (nSPS) is 18.9. The minimum absolute atomic E-state index is 0.230. The molecule has 0 radical (unpaired) electrons. The Morgan fingerprint density at radius 2 is 2.10 bits per heavy atom. The first-order chi connectivity index (χ1) is 14.5. The molecule has 1 fully saturated rings. The van der Waals surface area contributed by atoms with E-state index < -0.39 is 12.2 Å².